The van der Waals surface area contributed by atoms with Gasteiger partial charge in [-0.2, -0.15) is 0 Å². The standard InChI is InChI=1S/C9H11N3S/c1-9(2)6-13-8(12-9)7-5-10-3-4-11-7/h3-5H,6H2,1-2H3. The van der Waals surface area contributed by atoms with Crippen LogP contribution in [0.3, 0.4) is 0 Å². The summed E-state index contributed by atoms with van der Waals surface area (Å²) in [4.78, 5) is 12.8. The Hall–Kier alpha value is -0.900. The number of aliphatic imine (C=N–C) groups is 1. The molecular formula is C9H11N3S. The Balaban J connectivity index is 2.30. The van der Waals surface area contributed by atoms with Gasteiger partial charge in [0.1, 0.15) is 10.7 Å². The van der Waals surface area contributed by atoms with Crippen LogP contribution in [0.2, 0.25) is 0 Å². The fraction of sp³-hybridized carbons (Fsp3) is 0.444. The van der Waals surface area contributed by atoms with E-state index in [0.29, 0.717) is 0 Å². The number of aromatic nitrogens is 2. The number of hydrogen-bond acceptors (Lipinski definition) is 4. The van der Waals surface area contributed by atoms with Crippen molar-refractivity contribution in [2.75, 3.05) is 5.75 Å². The predicted octanol–water partition coefficient (Wildman–Crippen LogP) is 1.75. The molecule has 1 aliphatic heterocycles. The molecule has 1 aromatic heterocycles. The molecule has 0 unspecified atom stereocenters. The highest BCUT2D eigenvalue weighted by atomic mass is 32.2. The highest BCUT2D eigenvalue weighted by Gasteiger charge is 2.26. The summed E-state index contributed by atoms with van der Waals surface area (Å²) in [5.74, 6) is 1.03. The third-order valence-corrected chi connectivity index (χ3v) is 3.17. The molecule has 0 N–H and O–H groups in total. The van der Waals surface area contributed by atoms with Crippen molar-refractivity contribution in [3.05, 3.63) is 24.3 Å². The highest BCUT2D eigenvalue weighted by molar-refractivity contribution is 8.14. The minimum atomic E-state index is 0.0531. The fourth-order valence-electron chi connectivity index (χ4n) is 1.13. The van der Waals surface area contributed by atoms with Crippen molar-refractivity contribution in [1.82, 2.24) is 9.97 Å². The van der Waals surface area contributed by atoms with Gasteiger partial charge in [-0.3, -0.25) is 15.0 Å². The second kappa shape index (κ2) is 3.10. The number of rotatable bonds is 1. The molecule has 4 heteroatoms. The Labute approximate surface area is 81.7 Å². The molecule has 0 spiro atoms. The largest absolute Gasteiger partial charge is 0.269 e. The van der Waals surface area contributed by atoms with Crippen molar-refractivity contribution >= 4 is 16.8 Å². The number of nitrogens with zero attached hydrogens (tertiary/aromatic N) is 3. The summed E-state index contributed by atoms with van der Waals surface area (Å²) in [5, 5.41) is 1.01. The predicted molar refractivity (Wildman–Crippen MR) is 55.1 cm³/mol. The van der Waals surface area contributed by atoms with Crippen LogP contribution in [-0.2, 0) is 0 Å². The lowest BCUT2D eigenvalue weighted by atomic mass is 10.1. The monoisotopic (exact) mass is 193 g/mol. The Morgan fingerprint density at radius 1 is 1.38 bits per heavy atom. The van der Waals surface area contributed by atoms with Gasteiger partial charge in [-0.05, 0) is 13.8 Å². The van der Waals surface area contributed by atoms with Crippen LogP contribution in [0.15, 0.2) is 23.6 Å². The van der Waals surface area contributed by atoms with Gasteiger partial charge in [0, 0.05) is 18.1 Å². The van der Waals surface area contributed by atoms with E-state index in [1.807, 2.05) is 0 Å². The summed E-state index contributed by atoms with van der Waals surface area (Å²) < 4.78 is 0. The van der Waals surface area contributed by atoms with Crippen LogP contribution in [0, 0.1) is 0 Å². The van der Waals surface area contributed by atoms with Crippen LogP contribution in [0.5, 0.6) is 0 Å². The molecule has 0 amide bonds. The molecule has 1 aliphatic rings. The third-order valence-electron chi connectivity index (χ3n) is 1.75. The first-order valence-corrected chi connectivity index (χ1v) is 5.15. The maximum atomic E-state index is 4.57. The van der Waals surface area contributed by atoms with Crippen LogP contribution >= 0.6 is 11.8 Å². The van der Waals surface area contributed by atoms with Crippen molar-refractivity contribution in [2.45, 2.75) is 19.4 Å². The summed E-state index contributed by atoms with van der Waals surface area (Å²) in [5.41, 5.74) is 0.940. The number of thioether (sulfide) groups is 1. The lowest BCUT2D eigenvalue weighted by Crippen LogP contribution is -2.15. The Morgan fingerprint density at radius 2 is 2.23 bits per heavy atom. The molecule has 0 saturated carbocycles. The van der Waals surface area contributed by atoms with Gasteiger partial charge in [0.25, 0.3) is 0 Å². The average Bonchev–Trinajstić information content (AvgIpc) is 2.48. The van der Waals surface area contributed by atoms with Gasteiger partial charge in [-0.1, -0.05) is 0 Å². The molecule has 3 nitrogen and oxygen atoms in total. The van der Waals surface area contributed by atoms with Crippen LogP contribution in [0.4, 0.5) is 0 Å². The maximum absolute atomic E-state index is 4.57. The number of hydrogen-bond donors (Lipinski definition) is 0. The topological polar surface area (TPSA) is 38.1 Å². The Kier molecular flexibility index (Phi) is 2.07. The molecule has 68 valence electrons. The van der Waals surface area contributed by atoms with E-state index in [0.717, 1.165) is 16.5 Å². The van der Waals surface area contributed by atoms with E-state index < -0.39 is 0 Å². The van der Waals surface area contributed by atoms with E-state index in [9.17, 15) is 0 Å². The summed E-state index contributed by atoms with van der Waals surface area (Å²) in [7, 11) is 0. The van der Waals surface area contributed by atoms with Crippen molar-refractivity contribution in [2.24, 2.45) is 4.99 Å². The molecule has 0 saturated heterocycles. The van der Waals surface area contributed by atoms with Crippen LogP contribution in [0.1, 0.15) is 19.5 Å². The van der Waals surface area contributed by atoms with Gasteiger partial charge < -0.3 is 0 Å². The third kappa shape index (κ3) is 1.88. The lowest BCUT2D eigenvalue weighted by Gasteiger charge is -2.09. The van der Waals surface area contributed by atoms with E-state index in [1.165, 1.54) is 0 Å². The summed E-state index contributed by atoms with van der Waals surface area (Å²) in [6, 6.07) is 0. The highest BCUT2D eigenvalue weighted by Crippen LogP contribution is 2.29. The Bertz CT molecular complexity index is 332. The fourth-order valence-corrected chi connectivity index (χ4v) is 2.24. The van der Waals surface area contributed by atoms with E-state index >= 15 is 0 Å². The minimum Gasteiger partial charge on any atom is -0.269 e. The molecule has 0 fully saturated rings. The van der Waals surface area contributed by atoms with E-state index in [1.54, 1.807) is 30.4 Å². The maximum Gasteiger partial charge on any atom is 0.118 e. The van der Waals surface area contributed by atoms with Gasteiger partial charge >= 0.3 is 0 Å². The molecule has 0 atom stereocenters. The molecule has 0 aliphatic carbocycles. The smallest absolute Gasteiger partial charge is 0.118 e. The van der Waals surface area contributed by atoms with Crippen molar-refractivity contribution < 1.29 is 0 Å². The van der Waals surface area contributed by atoms with Gasteiger partial charge in [-0.25, -0.2) is 0 Å². The van der Waals surface area contributed by atoms with Gasteiger partial charge in [-0.15, -0.1) is 11.8 Å². The van der Waals surface area contributed by atoms with Gasteiger partial charge in [0.05, 0.1) is 11.7 Å². The SMILES string of the molecule is CC1(C)CSC(c2cnccn2)=N1. The zero-order chi connectivity index (χ0) is 9.31. The van der Waals surface area contributed by atoms with Crippen LogP contribution in [0.25, 0.3) is 0 Å². The minimum absolute atomic E-state index is 0.0531. The average molecular weight is 193 g/mol. The lowest BCUT2D eigenvalue weighted by molar-refractivity contribution is 0.605. The molecule has 0 radical (unpaired) electrons. The first kappa shape index (κ1) is 8.69. The molecular weight excluding hydrogens is 182 g/mol. The summed E-state index contributed by atoms with van der Waals surface area (Å²) in [6.45, 7) is 4.26. The normalized spacial score (nSPS) is 20.0. The molecule has 2 heterocycles. The summed E-state index contributed by atoms with van der Waals surface area (Å²) in [6.07, 6.45) is 5.13. The van der Waals surface area contributed by atoms with Crippen molar-refractivity contribution in [3.8, 4) is 0 Å². The first-order chi connectivity index (χ1) is 6.17. The van der Waals surface area contributed by atoms with Crippen LogP contribution < -0.4 is 0 Å². The van der Waals surface area contributed by atoms with Crippen molar-refractivity contribution in [1.29, 1.82) is 0 Å². The first-order valence-electron chi connectivity index (χ1n) is 4.16. The molecule has 13 heavy (non-hydrogen) atoms. The zero-order valence-electron chi connectivity index (χ0n) is 7.69. The van der Waals surface area contributed by atoms with Crippen LogP contribution in [-0.4, -0.2) is 26.3 Å². The quantitative estimate of drug-likeness (QED) is 0.682. The van der Waals surface area contributed by atoms with E-state index in [4.69, 9.17) is 0 Å². The second-order valence-corrected chi connectivity index (χ2v) is 4.57. The zero-order valence-corrected chi connectivity index (χ0v) is 8.51. The molecule has 2 rings (SSSR count). The molecule has 1 aromatic rings. The second-order valence-electron chi connectivity index (χ2n) is 3.61. The van der Waals surface area contributed by atoms with E-state index in [-0.39, 0.29) is 5.54 Å². The molecule has 0 aromatic carbocycles. The van der Waals surface area contributed by atoms with Gasteiger partial charge in [0.2, 0.25) is 0 Å². The van der Waals surface area contributed by atoms with Gasteiger partial charge in [0.15, 0.2) is 0 Å². The summed E-state index contributed by atoms with van der Waals surface area (Å²) >= 11 is 1.75. The van der Waals surface area contributed by atoms with E-state index in [2.05, 4.69) is 28.8 Å². The van der Waals surface area contributed by atoms with Crippen molar-refractivity contribution in [3.63, 3.8) is 0 Å². The Morgan fingerprint density at radius 3 is 2.77 bits per heavy atom. The molecule has 0 bridgehead atoms.